The Balaban J connectivity index is 0. The molecule has 0 aromatic carbocycles. The highest BCUT2D eigenvalue weighted by Crippen LogP contribution is 1.81. The Morgan fingerprint density at radius 2 is 1.25 bits per heavy atom. The van der Waals surface area contributed by atoms with Crippen molar-refractivity contribution >= 4 is 6.16 Å². The van der Waals surface area contributed by atoms with Gasteiger partial charge in [-0.2, -0.15) is 0 Å². The van der Waals surface area contributed by atoms with Crippen LogP contribution in [0.25, 0.3) is 0 Å². The van der Waals surface area contributed by atoms with Gasteiger partial charge in [0.15, 0.2) is 0 Å². The molecule has 3 nitrogen and oxygen atoms in total. The monoisotopic (exact) mass is 176 g/mol. The summed E-state index contributed by atoms with van der Waals surface area (Å²) < 4.78 is 8.84. The summed E-state index contributed by atoms with van der Waals surface area (Å²) in [5, 5.41) is 0. The van der Waals surface area contributed by atoms with E-state index in [0.717, 1.165) is 0 Å². The van der Waals surface area contributed by atoms with Crippen LogP contribution in [-0.4, -0.2) is 19.4 Å². The molecule has 0 bridgehead atoms. The zero-order valence-corrected chi connectivity index (χ0v) is 8.55. The average molecular weight is 176 g/mol. The molecule has 0 saturated heterocycles. The van der Waals surface area contributed by atoms with Crippen molar-refractivity contribution in [1.29, 1.82) is 0 Å². The zero-order valence-electron chi connectivity index (χ0n) is 8.55. The average Bonchev–Trinajstić information content (AvgIpc) is 2.06. The summed E-state index contributed by atoms with van der Waals surface area (Å²) >= 11 is 0. The molecule has 0 N–H and O–H groups in total. The Hall–Kier alpha value is -0.730. The van der Waals surface area contributed by atoms with Crippen molar-refractivity contribution in [2.45, 2.75) is 40.5 Å². The van der Waals surface area contributed by atoms with Crippen LogP contribution >= 0.6 is 0 Å². The maximum absolute atomic E-state index is 10.2. The first-order valence-corrected chi connectivity index (χ1v) is 4.52. The van der Waals surface area contributed by atoms with Gasteiger partial charge in [-0.25, -0.2) is 4.79 Å². The largest absolute Gasteiger partial charge is 0.508 e. The highest BCUT2D eigenvalue weighted by atomic mass is 16.7. The van der Waals surface area contributed by atoms with Crippen LogP contribution in [0.15, 0.2) is 0 Å². The summed E-state index contributed by atoms with van der Waals surface area (Å²) in [7, 11) is 0. The van der Waals surface area contributed by atoms with Crippen LogP contribution in [-0.2, 0) is 9.47 Å². The topological polar surface area (TPSA) is 35.5 Å². The van der Waals surface area contributed by atoms with E-state index >= 15 is 0 Å². The second-order valence-corrected chi connectivity index (χ2v) is 2.12. The summed E-state index contributed by atoms with van der Waals surface area (Å²) in [4.78, 5) is 10.2. The van der Waals surface area contributed by atoms with E-state index in [1.165, 1.54) is 12.8 Å². The van der Waals surface area contributed by atoms with Crippen LogP contribution in [0.5, 0.6) is 0 Å². The summed E-state index contributed by atoms with van der Waals surface area (Å²) in [5.41, 5.74) is 0. The second kappa shape index (κ2) is 12.9. The van der Waals surface area contributed by atoms with Gasteiger partial charge >= 0.3 is 6.16 Å². The third-order valence-corrected chi connectivity index (χ3v) is 1.02. The van der Waals surface area contributed by atoms with Gasteiger partial charge in [0.05, 0.1) is 13.2 Å². The van der Waals surface area contributed by atoms with Crippen molar-refractivity contribution in [3.8, 4) is 0 Å². The minimum Gasteiger partial charge on any atom is -0.435 e. The standard InChI is InChI=1S/C5H10O3.C4H10/c1-3-7-5(6)8-4-2;1-3-4-2/h3-4H2,1-2H3;3-4H2,1-2H3. The van der Waals surface area contributed by atoms with Gasteiger partial charge in [-0.1, -0.05) is 26.7 Å². The van der Waals surface area contributed by atoms with Crippen molar-refractivity contribution in [1.82, 2.24) is 0 Å². The van der Waals surface area contributed by atoms with Gasteiger partial charge in [-0.3, -0.25) is 0 Å². The number of hydrogen-bond donors (Lipinski definition) is 0. The fourth-order valence-electron chi connectivity index (χ4n) is 0.277. The predicted molar refractivity (Wildman–Crippen MR) is 49.2 cm³/mol. The van der Waals surface area contributed by atoms with Crippen LogP contribution in [0, 0.1) is 0 Å². The smallest absolute Gasteiger partial charge is 0.435 e. The highest BCUT2D eigenvalue weighted by molar-refractivity contribution is 5.59. The van der Waals surface area contributed by atoms with Gasteiger partial charge in [0.25, 0.3) is 0 Å². The molecule has 0 aliphatic heterocycles. The molecular weight excluding hydrogens is 156 g/mol. The first kappa shape index (κ1) is 13.8. The lowest BCUT2D eigenvalue weighted by Gasteiger charge is -1.98. The van der Waals surface area contributed by atoms with Crippen LogP contribution in [0.1, 0.15) is 40.5 Å². The summed E-state index contributed by atoms with van der Waals surface area (Å²) in [5.74, 6) is 0. The minimum atomic E-state index is -0.588. The maximum Gasteiger partial charge on any atom is 0.508 e. The molecule has 0 aliphatic rings. The minimum absolute atomic E-state index is 0.374. The summed E-state index contributed by atoms with van der Waals surface area (Å²) in [6, 6.07) is 0. The molecule has 0 atom stereocenters. The Labute approximate surface area is 75.1 Å². The number of hydrogen-bond acceptors (Lipinski definition) is 3. The molecule has 0 spiro atoms. The molecule has 3 heteroatoms. The van der Waals surface area contributed by atoms with E-state index in [-0.39, 0.29) is 0 Å². The molecular formula is C9H20O3. The number of rotatable bonds is 3. The molecule has 0 aliphatic carbocycles. The number of carbonyl (C=O) groups excluding carboxylic acids is 1. The van der Waals surface area contributed by atoms with E-state index in [2.05, 4.69) is 23.3 Å². The van der Waals surface area contributed by atoms with Crippen molar-refractivity contribution in [2.75, 3.05) is 13.2 Å². The molecule has 0 saturated carbocycles. The lowest BCUT2D eigenvalue weighted by molar-refractivity contribution is 0.0630. The highest BCUT2D eigenvalue weighted by Gasteiger charge is 1.96. The molecule has 0 heterocycles. The molecule has 12 heavy (non-hydrogen) atoms. The summed E-state index contributed by atoms with van der Waals surface area (Å²) in [6.45, 7) is 8.57. The third kappa shape index (κ3) is 16.1. The fourth-order valence-corrected chi connectivity index (χ4v) is 0.277. The number of carbonyl (C=O) groups is 1. The molecule has 0 unspecified atom stereocenters. The molecule has 0 aromatic heterocycles. The van der Waals surface area contributed by atoms with E-state index < -0.39 is 6.16 Å². The first-order chi connectivity index (χ1) is 5.72. The summed E-state index contributed by atoms with van der Waals surface area (Å²) in [6.07, 6.45) is 2.05. The van der Waals surface area contributed by atoms with Crippen LogP contribution < -0.4 is 0 Å². The van der Waals surface area contributed by atoms with Crippen molar-refractivity contribution < 1.29 is 14.3 Å². The lowest BCUT2D eigenvalue weighted by Crippen LogP contribution is -2.05. The van der Waals surface area contributed by atoms with Gasteiger partial charge in [0, 0.05) is 0 Å². The Morgan fingerprint density at radius 3 is 1.42 bits per heavy atom. The fraction of sp³-hybridized carbons (Fsp3) is 0.889. The van der Waals surface area contributed by atoms with Crippen molar-refractivity contribution in [2.24, 2.45) is 0 Å². The van der Waals surface area contributed by atoms with Gasteiger partial charge in [-0.15, -0.1) is 0 Å². The SMILES string of the molecule is CCCC.CCOC(=O)OCC. The van der Waals surface area contributed by atoms with Crippen molar-refractivity contribution in [3.05, 3.63) is 0 Å². The number of ether oxygens (including phenoxy) is 2. The second-order valence-electron chi connectivity index (χ2n) is 2.12. The van der Waals surface area contributed by atoms with Crippen LogP contribution in [0.2, 0.25) is 0 Å². The van der Waals surface area contributed by atoms with E-state index in [0.29, 0.717) is 13.2 Å². The number of unbranched alkanes of at least 4 members (excludes halogenated alkanes) is 1. The molecule has 0 fully saturated rings. The van der Waals surface area contributed by atoms with E-state index in [1.807, 2.05) is 0 Å². The predicted octanol–water partition coefficient (Wildman–Crippen LogP) is 2.99. The molecule has 0 radical (unpaired) electrons. The Kier molecular flexibility index (Phi) is 14.9. The van der Waals surface area contributed by atoms with E-state index in [1.54, 1.807) is 13.8 Å². The van der Waals surface area contributed by atoms with Crippen LogP contribution in [0.4, 0.5) is 4.79 Å². The molecule has 74 valence electrons. The first-order valence-electron chi connectivity index (χ1n) is 4.52. The quantitative estimate of drug-likeness (QED) is 0.620. The maximum atomic E-state index is 10.2. The van der Waals surface area contributed by atoms with Gasteiger partial charge < -0.3 is 9.47 Å². The van der Waals surface area contributed by atoms with Gasteiger partial charge in [0.1, 0.15) is 0 Å². The van der Waals surface area contributed by atoms with Gasteiger partial charge in [-0.05, 0) is 13.8 Å². The normalized spacial score (nSPS) is 8.00. The van der Waals surface area contributed by atoms with Gasteiger partial charge in [0.2, 0.25) is 0 Å². The molecule has 0 rings (SSSR count). The van der Waals surface area contributed by atoms with Crippen molar-refractivity contribution in [3.63, 3.8) is 0 Å². The van der Waals surface area contributed by atoms with Crippen LogP contribution in [0.3, 0.4) is 0 Å². The zero-order chi connectivity index (χ0) is 9.82. The Bertz CT molecular complexity index is 81.8. The van der Waals surface area contributed by atoms with E-state index in [4.69, 9.17) is 0 Å². The molecule has 0 aromatic rings. The Morgan fingerprint density at radius 1 is 0.917 bits per heavy atom. The third-order valence-electron chi connectivity index (χ3n) is 1.02. The molecule has 0 amide bonds. The lowest BCUT2D eigenvalue weighted by atomic mass is 10.4. The van der Waals surface area contributed by atoms with E-state index in [9.17, 15) is 4.79 Å².